The van der Waals surface area contributed by atoms with E-state index in [-0.39, 0.29) is 19.0 Å². The summed E-state index contributed by atoms with van der Waals surface area (Å²) in [6.45, 7) is 0.643. The molecule has 3 aromatic rings. The number of imidazole rings is 1. The number of rotatable bonds is 6. The molecule has 1 aromatic heterocycles. The molecular weight excluding hydrogens is 451 g/mol. The van der Waals surface area contributed by atoms with E-state index in [0.717, 1.165) is 11.1 Å². The van der Waals surface area contributed by atoms with Crippen LogP contribution in [0.1, 0.15) is 11.1 Å². The van der Waals surface area contributed by atoms with Gasteiger partial charge in [0, 0.05) is 38.6 Å². The zero-order chi connectivity index (χ0) is 18.5. The molecule has 142 valence electrons. The third-order valence-electron chi connectivity index (χ3n) is 3.54. The molecule has 0 aliphatic carbocycles. The van der Waals surface area contributed by atoms with Crippen LogP contribution in [0, 0.1) is 0 Å². The lowest BCUT2D eigenvalue weighted by Crippen LogP contribution is -2.12. The third kappa shape index (κ3) is 6.03. The fraction of sp³-hybridized carbons (Fsp3) is 0.111. The second-order valence-electron chi connectivity index (χ2n) is 5.41. The number of benzene rings is 2. The molecule has 9 heteroatoms. The van der Waals surface area contributed by atoms with Gasteiger partial charge >= 0.3 is 0 Å². The molecule has 0 saturated carbocycles. The van der Waals surface area contributed by atoms with Gasteiger partial charge in [0.05, 0.1) is 17.9 Å². The van der Waals surface area contributed by atoms with E-state index in [4.69, 9.17) is 51.2 Å². The highest BCUT2D eigenvalue weighted by Gasteiger charge is 2.11. The Morgan fingerprint density at radius 2 is 1.70 bits per heavy atom. The van der Waals surface area contributed by atoms with Crippen molar-refractivity contribution < 1.29 is 4.84 Å². The maximum atomic E-state index is 6.32. The molecule has 0 N–H and O–H groups in total. The van der Waals surface area contributed by atoms with Crippen LogP contribution < -0.4 is 0 Å². The summed E-state index contributed by atoms with van der Waals surface area (Å²) in [5.41, 5.74) is 2.14. The van der Waals surface area contributed by atoms with Crippen molar-refractivity contribution in [1.82, 2.24) is 9.55 Å². The van der Waals surface area contributed by atoms with Crippen molar-refractivity contribution in [3.05, 3.63) is 86.3 Å². The molecule has 1 heterocycles. The molecule has 0 aliphatic rings. The molecular formula is C18H14Cl5N3O. The smallest absolute Gasteiger partial charge is 0.143 e. The van der Waals surface area contributed by atoms with Gasteiger partial charge in [-0.25, -0.2) is 4.98 Å². The Balaban J connectivity index is 0.00000261. The number of hydrogen-bond donors (Lipinski definition) is 0. The minimum absolute atomic E-state index is 0. The van der Waals surface area contributed by atoms with Crippen molar-refractivity contribution in [3.8, 4) is 0 Å². The predicted octanol–water partition coefficient (Wildman–Crippen LogP) is 6.54. The SMILES string of the molecule is Cl.Clc1ccc(CO/N=C(\Cn2ccnc2)c2ccc(Cl)cc2Cl)c(Cl)c1. The molecule has 3 rings (SSSR count). The van der Waals surface area contributed by atoms with Crippen molar-refractivity contribution in [1.29, 1.82) is 0 Å². The Morgan fingerprint density at radius 3 is 2.33 bits per heavy atom. The first-order chi connectivity index (χ1) is 12.5. The van der Waals surface area contributed by atoms with Crippen molar-refractivity contribution >= 4 is 64.5 Å². The van der Waals surface area contributed by atoms with Crippen LogP contribution in [0.5, 0.6) is 0 Å². The zero-order valence-corrected chi connectivity index (χ0v) is 17.6. The topological polar surface area (TPSA) is 39.4 Å². The number of aromatic nitrogens is 2. The van der Waals surface area contributed by atoms with Gasteiger partial charge < -0.3 is 9.40 Å². The van der Waals surface area contributed by atoms with Gasteiger partial charge in [0.15, 0.2) is 0 Å². The van der Waals surface area contributed by atoms with Gasteiger partial charge in [-0.2, -0.15) is 0 Å². The average molecular weight is 466 g/mol. The minimum atomic E-state index is 0. The maximum Gasteiger partial charge on any atom is 0.143 e. The van der Waals surface area contributed by atoms with Crippen molar-refractivity contribution in [2.24, 2.45) is 5.16 Å². The molecule has 0 amide bonds. The van der Waals surface area contributed by atoms with Crippen LogP contribution in [0.15, 0.2) is 60.3 Å². The molecule has 0 bridgehead atoms. The summed E-state index contributed by atoms with van der Waals surface area (Å²) in [7, 11) is 0. The molecule has 0 aliphatic heterocycles. The van der Waals surface area contributed by atoms with Crippen LogP contribution in [0.25, 0.3) is 0 Å². The molecule has 2 aromatic carbocycles. The Bertz CT molecular complexity index is 929. The van der Waals surface area contributed by atoms with Crippen LogP contribution in [0.3, 0.4) is 0 Å². The molecule has 27 heavy (non-hydrogen) atoms. The second kappa shape index (κ2) is 10.2. The molecule has 0 saturated heterocycles. The van der Waals surface area contributed by atoms with Gasteiger partial charge in [0.1, 0.15) is 12.3 Å². The van der Waals surface area contributed by atoms with E-state index in [1.165, 1.54) is 0 Å². The molecule has 0 fully saturated rings. The van der Waals surface area contributed by atoms with Crippen LogP contribution in [-0.4, -0.2) is 15.3 Å². The van der Waals surface area contributed by atoms with Gasteiger partial charge in [-0.05, 0) is 30.3 Å². The van der Waals surface area contributed by atoms with Gasteiger partial charge in [-0.1, -0.05) is 57.6 Å². The van der Waals surface area contributed by atoms with Crippen molar-refractivity contribution in [2.45, 2.75) is 13.2 Å². The summed E-state index contributed by atoms with van der Waals surface area (Å²) in [5, 5.41) is 6.40. The quantitative estimate of drug-likeness (QED) is 0.306. The number of halogens is 5. The summed E-state index contributed by atoms with van der Waals surface area (Å²) in [6, 6.07) is 10.4. The number of nitrogens with zero attached hydrogens (tertiary/aromatic N) is 3. The normalized spacial score (nSPS) is 11.2. The molecule has 0 unspecified atom stereocenters. The van der Waals surface area contributed by atoms with Crippen molar-refractivity contribution in [2.75, 3.05) is 0 Å². The molecule has 0 radical (unpaired) electrons. The van der Waals surface area contributed by atoms with E-state index in [0.29, 0.717) is 32.3 Å². The average Bonchev–Trinajstić information content (AvgIpc) is 3.09. The Hall–Kier alpha value is -1.43. The van der Waals surface area contributed by atoms with Gasteiger partial charge in [0.25, 0.3) is 0 Å². The third-order valence-corrected chi connectivity index (χ3v) is 4.68. The van der Waals surface area contributed by atoms with E-state index >= 15 is 0 Å². The maximum absolute atomic E-state index is 6.32. The summed E-state index contributed by atoms with van der Waals surface area (Å²) >= 11 is 24.4. The van der Waals surface area contributed by atoms with Gasteiger partial charge in [-0.3, -0.25) is 0 Å². The first-order valence-electron chi connectivity index (χ1n) is 7.57. The lowest BCUT2D eigenvalue weighted by Gasteiger charge is -2.10. The number of hydrogen-bond acceptors (Lipinski definition) is 3. The molecule has 0 spiro atoms. The van der Waals surface area contributed by atoms with Crippen LogP contribution in [0.4, 0.5) is 0 Å². The van der Waals surface area contributed by atoms with E-state index in [1.54, 1.807) is 48.9 Å². The lowest BCUT2D eigenvalue weighted by molar-refractivity contribution is 0.130. The van der Waals surface area contributed by atoms with Gasteiger partial charge in [-0.15, -0.1) is 12.4 Å². The molecule has 4 nitrogen and oxygen atoms in total. The Kier molecular flexibility index (Phi) is 8.27. The highest BCUT2D eigenvalue weighted by Crippen LogP contribution is 2.24. The lowest BCUT2D eigenvalue weighted by atomic mass is 10.1. The van der Waals surface area contributed by atoms with Crippen LogP contribution in [-0.2, 0) is 18.0 Å². The highest BCUT2D eigenvalue weighted by atomic mass is 35.5. The Morgan fingerprint density at radius 1 is 1.00 bits per heavy atom. The first kappa shape index (κ1) is 21.9. The first-order valence-corrected chi connectivity index (χ1v) is 9.08. The van der Waals surface area contributed by atoms with Crippen LogP contribution in [0.2, 0.25) is 20.1 Å². The van der Waals surface area contributed by atoms with Crippen molar-refractivity contribution in [3.63, 3.8) is 0 Å². The summed E-state index contributed by atoms with van der Waals surface area (Å²) in [6.07, 6.45) is 5.21. The van der Waals surface area contributed by atoms with E-state index in [9.17, 15) is 0 Å². The van der Waals surface area contributed by atoms with E-state index in [2.05, 4.69) is 10.1 Å². The van der Waals surface area contributed by atoms with Gasteiger partial charge in [0.2, 0.25) is 0 Å². The number of oxime groups is 1. The minimum Gasteiger partial charge on any atom is -0.391 e. The molecule has 0 atom stereocenters. The van der Waals surface area contributed by atoms with E-state index in [1.807, 2.05) is 10.8 Å². The second-order valence-corrected chi connectivity index (χ2v) is 7.09. The van der Waals surface area contributed by atoms with Crippen LogP contribution >= 0.6 is 58.8 Å². The Labute approximate surface area is 183 Å². The fourth-order valence-electron chi connectivity index (χ4n) is 2.26. The summed E-state index contributed by atoms with van der Waals surface area (Å²) in [4.78, 5) is 9.56. The summed E-state index contributed by atoms with van der Waals surface area (Å²) < 4.78 is 1.86. The fourth-order valence-corrected chi connectivity index (χ4v) is 3.24. The largest absolute Gasteiger partial charge is 0.391 e. The zero-order valence-electron chi connectivity index (χ0n) is 13.8. The standard InChI is InChI=1S/C18H13Cl4N3O.ClH/c19-13-2-1-12(16(21)7-13)10-26-24-18(9-25-6-5-23-11-25)15-4-3-14(20)8-17(15)22;/h1-8,11H,9-10H2;1H/b24-18+;. The van der Waals surface area contributed by atoms with E-state index < -0.39 is 0 Å². The predicted molar refractivity (Wildman–Crippen MR) is 114 cm³/mol. The highest BCUT2D eigenvalue weighted by molar-refractivity contribution is 6.37. The summed E-state index contributed by atoms with van der Waals surface area (Å²) in [5.74, 6) is 0. The monoisotopic (exact) mass is 463 g/mol.